The first-order valence-electron chi connectivity index (χ1n) is 6.19. The number of benzene rings is 1. The molecule has 0 saturated heterocycles. The molecule has 1 amide bonds. The van der Waals surface area contributed by atoms with Gasteiger partial charge in [-0.05, 0) is 25.0 Å². The molecule has 5 nitrogen and oxygen atoms in total. The van der Waals surface area contributed by atoms with E-state index in [-0.39, 0.29) is 6.04 Å². The number of rotatable bonds is 3. The van der Waals surface area contributed by atoms with Crippen molar-refractivity contribution in [2.75, 3.05) is 18.1 Å². The van der Waals surface area contributed by atoms with Gasteiger partial charge in [-0.2, -0.15) is 0 Å². The highest BCUT2D eigenvalue weighted by atomic mass is 32.2. The van der Waals surface area contributed by atoms with Crippen molar-refractivity contribution >= 4 is 21.4 Å². The Hall–Kier alpha value is -1.56. The van der Waals surface area contributed by atoms with Crippen LogP contribution in [-0.2, 0) is 21.1 Å². The maximum absolute atomic E-state index is 11.9. The smallest absolute Gasteiger partial charge is 0.238 e. The van der Waals surface area contributed by atoms with E-state index >= 15 is 0 Å². The lowest BCUT2D eigenvalue weighted by Crippen LogP contribution is -2.48. The van der Waals surface area contributed by atoms with Gasteiger partial charge in [-0.3, -0.25) is 4.79 Å². The van der Waals surface area contributed by atoms with Crippen molar-refractivity contribution in [2.24, 2.45) is 0 Å². The van der Waals surface area contributed by atoms with E-state index in [0.29, 0.717) is 13.0 Å². The van der Waals surface area contributed by atoms with Crippen LogP contribution in [0.15, 0.2) is 24.3 Å². The fourth-order valence-electron chi connectivity index (χ4n) is 2.06. The molecule has 1 aliphatic heterocycles. The van der Waals surface area contributed by atoms with Crippen molar-refractivity contribution in [2.45, 2.75) is 24.6 Å². The van der Waals surface area contributed by atoms with Gasteiger partial charge in [0.1, 0.15) is 5.25 Å². The van der Waals surface area contributed by atoms with E-state index in [4.69, 9.17) is 0 Å². The van der Waals surface area contributed by atoms with Gasteiger partial charge in [-0.1, -0.05) is 18.2 Å². The van der Waals surface area contributed by atoms with Gasteiger partial charge in [-0.25, -0.2) is 8.42 Å². The molecule has 0 radical (unpaired) electrons. The van der Waals surface area contributed by atoms with Gasteiger partial charge in [0.15, 0.2) is 9.84 Å². The largest absolute Gasteiger partial charge is 0.383 e. The Morgan fingerprint density at radius 2 is 2.11 bits per heavy atom. The Balaban J connectivity index is 2.01. The molecular weight excluding hydrogens is 264 g/mol. The van der Waals surface area contributed by atoms with E-state index < -0.39 is 21.0 Å². The monoisotopic (exact) mass is 282 g/mol. The number of fused-ring (bicyclic) bond motifs is 1. The topological polar surface area (TPSA) is 75.3 Å². The number of anilines is 1. The molecule has 0 bridgehead atoms. The predicted molar refractivity (Wildman–Crippen MR) is 74.9 cm³/mol. The average molecular weight is 282 g/mol. The summed E-state index contributed by atoms with van der Waals surface area (Å²) in [4.78, 5) is 11.9. The number of sulfone groups is 1. The minimum absolute atomic E-state index is 0.0772. The Kier molecular flexibility index (Phi) is 3.80. The standard InChI is InChI=1S/C13H18N2O3S/c1-9(19(2,17)18)13(16)15-11-7-10-5-3-4-6-12(10)14-8-11/h3-6,9,11,14H,7-8H2,1-2H3,(H,15,16). The third-order valence-corrected chi connectivity index (χ3v) is 4.88. The number of nitrogens with one attached hydrogen (secondary N) is 2. The quantitative estimate of drug-likeness (QED) is 0.850. The Labute approximate surface area is 113 Å². The normalized spacial score (nSPS) is 20.0. The molecule has 0 fully saturated rings. The molecular formula is C13H18N2O3S. The first-order valence-corrected chi connectivity index (χ1v) is 8.14. The van der Waals surface area contributed by atoms with Crippen molar-refractivity contribution in [3.05, 3.63) is 29.8 Å². The van der Waals surface area contributed by atoms with E-state index in [1.54, 1.807) is 0 Å². The van der Waals surface area contributed by atoms with Gasteiger partial charge in [-0.15, -0.1) is 0 Å². The predicted octanol–water partition coefficient (Wildman–Crippen LogP) is 0.572. The lowest BCUT2D eigenvalue weighted by Gasteiger charge is -2.27. The van der Waals surface area contributed by atoms with E-state index in [1.807, 2.05) is 24.3 Å². The maximum Gasteiger partial charge on any atom is 0.238 e. The van der Waals surface area contributed by atoms with Crippen molar-refractivity contribution in [3.63, 3.8) is 0 Å². The maximum atomic E-state index is 11.9. The Bertz CT molecular complexity index is 583. The molecule has 2 rings (SSSR count). The molecule has 1 aromatic rings. The highest BCUT2D eigenvalue weighted by molar-refractivity contribution is 7.92. The van der Waals surface area contributed by atoms with Gasteiger partial charge in [0.05, 0.1) is 6.04 Å². The van der Waals surface area contributed by atoms with Crippen molar-refractivity contribution in [1.82, 2.24) is 5.32 Å². The van der Waals surface area contributed by atoms with Crippen LogP contribution in [0, 0.1) is 0 Å². The fourth-order valence-corrected chi connectivity index (χ4v) is 2.51. The summed E-state index contributed by atoms with van der Waals surface area (Å²) in [5.74, 6) is -0.436. The van der Waals surface area contributed by atoms with Gasteiger partial charge in [0, 0.05) is 18.5 Å². The van der Waals surface area contributed by atoms with E-state index in [1.165, 1.54) is 6.92 Å². The number of amides is 1. The Morgan fingerprint density at radius 1 is 1.42 bits per heavy atom. The molecule has 19 heavy (non-hydrogen) atoms. The fraction of sp³-hybridized carbons (Fsp3) is 0.462. The first kappa shape index (κ1) is 13.9. The number of carbonyl (C=O) groups excluding carboxylic acids is 1. The second-order valence-electron chi connectivity index (χ2n) is 4.92. The summed E-state index contributed by atoms with van der Waals surface area (Å²) >= 11 is 0. The SMILES string of the molecule is CC(C(=O)NC1CNc2ccccc2C1)S(C)(=O)=O. The van der Waals surface area contributed by atoms with Gasteiger partial charge >= 0.3 is 0 Å². The third kappa shape index (κ3) is 3.26. The minimum atomic E-state index is -3.35. The van der Waals surface area contributed by atoms with Crippen LogP contribution in [0.25, 0.3) is 0 Å². The second kappa shape index (κ2) is 5.21. The molecule has 0 saturated carbocycles. The van der Waals surface area contributed by atoms with Crippen molar-refractivity contribution < 1.29 is 13.2 Å². The zero-order chi connectivity index (χ0) is 14.0. The van der Waals surface area contributed by atoms with Crippen molar-refractivity contribution in [3.8, 4) is 0 Å². The summed E-state index contributed by atoms with van der Waals surface area (Å²) in [7, 11) is -3.35. The molecule has 2 atom stereocenters. The molecule has 6 heteroatoms. The summed E-state index contributed by atoms with van der Waals surface area (Å²) in [5.41, 5.74) is 2.20. The third-order valence-electron chi connectivity index (χ3n) is 3.38. The molecule has 1 aliphatic rings. The second-order valence-corrected chi connectivity index (χ2v) is 7.29. The molecule has 0 aliphatic carbocycles. The van der Waals surface area contributed by atoms with Gasteiger partial charge in [0.2, 0.25) is 5.91 Å². The molecule has 2 N–H and O–H groups in total. The summed E-state index contributed by atoms with van der Waals surface area (Å²) in [6.07, 6.45) is 1.79. The van der Waals surface area contributed by atoms with Crippen LogP contribution in [0.2, 0.25) is 0 Å². The van der Waals surface area contributed by atoms with Gasteiger partial charge in [0.25, 0.3) is 0 Å². The molecule has 104 valence electrons. The van der Waals surface area contributed by atoms with E-state index in [9.17, 15) is 13.2 Å². The zero-order valence-electron chi connectivity index (χ0n) is 11.0. The van der Waals surface area contributed by atoms with Crippen LogP contribution >= 0.6 is 0 Å². The van der Waals surface area contributed by atoms with E-state index in [0.717, 1.165) is 17.5 Å². The lowest BCUT2D eigenvalue weighted by molar-refractivity contribution is -0.121. The molecule has 0 aromatic heterocycles. The number of hydrogen-bond donors (Lipinski definition) is 2. The van der Waals surface area contributed by atoms with E-state index in [2.05, 4.69) is 10.6 Å². The highest BCUT2D eigenvalue weighted by Gasteiger charge is 2.27. The van der Waals surface area contributed by atoms with Crippen LogP contribution in [0.4, 0.5) is 5.69 Å². The molecule has 1 aromatic carbocycles. The zero-order valence-corrected chi connectivity index (χ0v) is 11.8. The minimum Gasteiger partial charge on any atom is -0.383 e. The number of hydrogen-bond acceptors (Lipinski definition) is 4. The molecule has 0 spiro atoms. The summed E-state index contributed by atoms with van der Waals surface area (Å²) in [5, 5.41) is 5.01. The van der Waals surface area contributed by atoms with Crippen LogP contribution in [-0.4, -0.2) is 38.4 Å². The van der Waals surface area contributed by atoms with Crippen LogP contribution in [0.5, 0.6) is 0 Å². The van der Waals surface area contributed by atoms with Crippen molar-refractivity contribution in [1.29, 1.82) is 0 Å². The number of para-hydroxylation sites is 1. The molecule has 2 unspecified atom stereocenters. The van der Waals surface area contributed by atoms with Crippen LogP contribution in [0.3, 0.4) is 0 Å². The van der Waals surface area contributed by atoms with Gasteiger partial charge < -0.3 is 10.6 Å². The first-order chi connectivity index (χ1) is 8.88. The van der Waals surface area contributed by atoms with Crippen LogP contribution < -0.4 is 10.6 Å². The molecule has 1 heterocycles. The highest BCUT2D eigenvalue weighted by Crippen LogP contribution is 2.21. The Morgan fingerprint density at radius 3 is 2.79 bits per heavy atom. The van der Waals surface area contributed by atoms with Crippen LogP contribution in [0.1, 0.15) is 12.5 Å². The lowest BCUT2D eigenvalue weighted by atomic mass is 10.00. The average Bonchev–Trinajstić information content (AvgIpc) is 2.36. The summed E-state index contributed by atoms with van der Waals surface area (Å²) < 4.78 is 22.7. The number of carbonyl (C=O) groups is 1. The summed E-state index contributed by atoms with van der Waals surface area (Å²) in [6, 6.07) is 7.82. The summed E-state index contributed by atoms with van der Waals surface area (Å²) in [6.45, 7) is 2.02.